The first-order chi connectivity index (χ1) is 11.7. The highest BCUT2D eigenvalue weighted by molar-refractivity contribution is 9.14. The first-order valence-corrected chi connectivity index (χ1v) is 8.80. The van der Waals surface area contributed by atoms with Gasteiger partial charge in [0.15, 0.2) is 23.8 Å². The number of halogens is 2. The summed E-state index contributed by atoms with van der Waals surface area (Å²) in [5, 5.41) is 22.3. The minimum Gasteiger partial charge on any atom is -0.375 e. The molecule has 1 aliphatic carbocycles. The lowest BCUT2D eigenvalue weighted by molar-refractivity contribution is -0.240. The Labute approximate surface area is 163 Å². The number of aliphatic hydroxyl groups is 2. The lowest BCUT2D eigenvalue weighted by Crippen LogP contribution is -2.54. The van der Waals surface area contributed by atoms with E-state index in [1.54, 1.807) is 6.92 Å². The normalized spacial score (nSPS) is 29.6. The summed E-state index contributed by atoms with van der Waals surface area (Å²) < 4.78 is 31.4. The second-order valence-electron chi connectivity index (χ2n) is 5.33. The molecule has 0 radical (unpaired) electrons. The van der Waals surface area contributed by atoms with Gasteiger partial charge in [-0.15, -0.1) is 0 Å². The zero-order chi connectivity index (χ0) is 19.3. The molecule has 4 atom stereocenters. The summed E-state index contributed by atoms with van der Waals surface area (Å²) in [4.78, 5) is 0. The highest BCUT2D eigenvalue weighted by atomic mass is 79.9. The van der Waals surface area contributed by atoms with Gasteiger partial charge < -0.3 is 38.6 Å². The van der Waals surface area contributed by atoms with Gasteiger partial charge in [-0.1, -0.05) is 31.9 Å². The van der Waals surface area contributed by atoms with Crippen LogP contribution in [0, 0.1) is 0 Å². The number of ether oxygens (including phenoxy) is 6. The number of hydrogen-bond acceptors (Lipinski definition) is 8. The molecule has 25 heavy (non-hydrogen) atoms. The molecule has 0 aliphatic heterocycles. The molecule has 8 nitrogen and oxygen atoms in total. The first-order valence-electron chi connectivity index (χ1n) is 7.21. The molecule has 1 rings (SSSR count). The Morgan fingerprint density at radius 2 is 1.40 bits per heavy atom. The van der Waals surface area contributed by atoms with Crippen molar-refractivity contribution in [3.8, 4) is 0 Å². The van der Waals surface area contributed by atoms with Gasteiger partial charge in [0.05, 0.1) is 0 Å². The van der Waals surface area contributed by atoms with Gasteiger partial charge in [0.25, 0.3) is 0 Å². The van der Waals surface area contributed by atoms with Gasteiger partial charge in [0.2, 0.25) is 0 Å². The third kappa shape index (κ3) is 4.52. The maximum Gasteiger partial charge on any atom is 0.197 e. The minimum absolute atomic E-state index is 0.0894. The largest absolute Gasteiger partial charge is 0.375 e. The predicted octanol–water partition coefficient (Wildman–Crippen LogP) is 1.60. The van der Waals surface area contributed by atoms with Crippen LogP contribution >= 0.6 is 31.9 Å². The Morgan fingerprint density at radius 3 is 1.84 bits per heavy atom. The number of methoxy groups -OCH3 is 4. The molecule has 0 saturated heterocycles. The molecule has 0 aromatic rings. The maximum atomic E-state index is 11.2. The van der Waals surface area contributed by atoms with E-state index in [1.165, 1.54) is 34.5 Å². The predicted molar refractivity (Wildman–Crippen MR) is 96.1 cm³/mol. The highest BCUT2D eigenvalue weighted by Crippen LogP contribution is 2.48. The van der Waals surface area contributed by atoms with E-state index in [-0.39, 0.29) is 22.6 Å². The molecule has 0 heterocycles. The molecule has 2 N–H and O–H groups in total. The van der Waals surface area contributed by atoms with E-state index in [0.29, 0.717) is 5.57 Å². The number of hydrogen-bond donors (Lipinski definition) is 2. The van der Waals surface area contributed by atoms with Gasteiger partial charge in [-0.2, -0.15) is 0 Å². The van der Waals surface area contributed by atoms with Crippen molar-refractivity contribution in [2.75, 3.05) is 42.0 Å². The standard InChI is InChI=1S/C15H24Br2O8/c1-9-6-14(18,12(22-4)24-7-20-2)10(16)11(17)15(9,19)13(23-5)25-8-21-3/h6,12-13,18-19H,7-8H2,1-5H3. The lowest BCUT2D eigenvalue weighted by Gasteiger charge is -2.44. The summed E-state index contributed by atoms with van der Waals surface area (Å²) in [7, 11) is 5.68. The van der Waals surface area contributed by atoms with E-state index >= 15 is 0 Å². The summed E-state index contributed by atoms with van der Waals surface area (Å²) in [5.74, 6) is 0. The molecule has 0 bridgehead atoms. The Morgan fingerprint density at radius 1 is 0.920 bits per heavy atom. The van der Waals surface area contributed by atoms with Crippen molar-refractivity contribution >= 4 is 31.9 Å². The third-order valence-corrected chi connectivity index (χ3v) is 6.28. The SMILES string of the molecule is COCOC(OC)C1(O)C=C(C)C(O)(C(OC)OCOC)C(Br)=C1Br. The quantitative estimate of drug-likeness (QED) is 0.351. The average Bonchev–Trinajstić information content (AvgIpc) is 2.59. The van der Waals surface area contributed by atoms with Crippen LogP contribution in [0.4, 0.5) is 0 Å². The molecule has 4 unspecified atom stereocenters. The van der Waals surface area contributed by atoms with Crippen molar-refractivity contribution in [1.82, 2.24) is 0 Å². The molecule has 1 aliphatic rings. The summed E-state index contributed by atoms with van der Waals surface area (Å²) in [6, 6.07) is 0. The van der Waals surface area contributed by atoms with Gasteiger partial charge in [0.1, 0.15) is 13.6 Å². The smallest absolute Gasteiger partial charge is 0.197 e. The summed E-state index contributed by atoms with van der Waals surface area (Å²) >= 11 is 6.64. The van der Waals surface area contributed by atoms with E-state index in [4.69, 9.17) is 28.4 Å². The first kappa shape index (κ1) is 23.2. The van der Waals surface area contributed by atoms with E-state index in [9.17, 15) is 10.2 Å². The Kier molecular flexibility index (Phi) is 9.15. The van der Waals surface area contributed by atoms with Crippen LogP contribution in [-0.4, -0.2) is 76.0 Å². The van der Waals surface area contributed by atoms with Crippen molar-refractivity contribution in [3.63, 3.8) is 0 Å². The maximum absolute atomic E-state index is 11.2. The Bertz CT molecular complexity index is 512. The number of rotatable bonds is 10. The lowest BCUT2D eigenvalue weighted by atomic mass is 9.82. The van der Waals surface area contributed by atoms with E-state index in [1.807, 2.05) is 0 Å². The van der Waals surface area contributed by atoms with E-state index in [0.717, 1.165) is 0 Å². The van der Waals surface area contributed by atoms with Crippen LogP contribution in [0.5, 0.6) is 0 Å². The van der Waals surface area contributed by atoms with Gasteiger partial charge >= 0.3 is 0 Å². The van der Waals surface area contributed by atoms with Gasteiger partial charge in [-0.05, 0) is 18.6 Å². The summed E-state index contributed by atoms with van der Waals surface area (Å²) in [6.45, 7) is 1.44. The van der Waals surface area contributed by atoms with Crippen LogP contribution in [-0.2, 0) is 28.4 Å². The zero-order valence-corrected chi connectivity index (χ0v) is 17.9. The highest BCUT2D eigenvalue weighted by Gasteiger charge is 2.53. The molecule has 0 aromatic heterocycles. The van der Waals surface area contributed by atoms with Gasteiger partial charge in [-0.3, -0.25) is 0 Å². The van der Waals surface area contributed by atoms with Crippen LogP contribution < -0.4 is 0 Å². The van der Waals surface area contributed by atoms with Crippen LogP contribution in [0.3, 0.4) is 0 Å². The monoisotopic (exact) mass is 490 g/mol. The summed E-state index contributed by atoms with van der Waals surface area (Å²) in [5.41, 5.74) is -3.05. The second-order valence-corrected chi connectivity index (χ2v) is 6.91. The topological polar surface area (TPSA) is 95.8 Å². The Balaban J connectivity index is 3.31. The van der Waals surface area contributed by atoms with Crippen molar-refractivity contribution < 1.29 is 38.6 Å². The fourth-order valence-corrected chi connectivity index (χ4v) is 3.90. The van der Waals surface area contributed by atoms with Crippen molar-refractivity contribution in [2.24, 2.45) is 0 Å². The molecular formula is C15H24Br2O8. The van der Waals surface area contributed by atoms with Crippen molar-refractivity contribution in [1.29, 1.82) is 0 Å². The van der Waals surface area contributed by atoms with Crippen LogP contribution in [0.25, 0.3) is 0 Å². The van der Waals surface area contributed by atoms with Gasteiger partial charge in [0, 0.05) is 37.4 Å². The fourth-order valence-electron chi connectivity index (χ4n) is 2.47. The summed E-state index contributed by atoms with van der Waals surface area (Å²) in [6.07, 6.45) is -0.765. The van der Waals surface area contributed by atoms with Crippen LogP contribution in [0.2, 0.25) is 0 Å². The van der Waals surface area contributed by atoms with E-state index < -0.39 is 23.8 Å². The zero-order valence-electron chi connectivity index (χ0n) is 14.7. The molecule has 146 valence electrons. The Hall–Kier alpha value is 0.120. The van der Waals surface area contributed by atoms with Crippen molar-refractivity contribution in [3.05, 3.63) is 20.6 Å². The minimum atomic E-state index is -1.71. The third-order valence-electron chi connectivity index (χ3n) is 3.72. The molecular weight excluding hydrogens is 468 g/mol. The molecule has 0 amide bonds. The van der Waals surface area contributed by atoms with E-state index in [2.05, 4.69) is 31.9 Å². The molecule has 0 aromatic carbocycles. The molecule has 0 fully saturated rings. The van der Waals surface area contributed by atoms with Crippen LogP contribution in [0.1, 0.15) is 6.92 Å². The molecule has 0 spiro atoms. The second kappa shape index (κ2) is 9.88. The van der Waals surface area contributed by atoms with Crippen molar-refractivity contribution in [2.45, 2.75) is 30.7 Å². The van der Waals surface area contributed by atoms with Gasteiger partial charge in [-0.25, -0.2) is 0 Å². The van der Waals surface area contributed by atoms with Crippen LogP contribution in [0.15, 0.2) is 20.6 Å². The molecule has 10 heteroatoms. The fraction of sp³-hybridized carbons (Fsp3) is 0.733. The molecule has 0 saturated carbocycles. The average molecular weight is 492 g/mol.